The molecule has 0 saturated heterocycles. The minimum atomic E-state index is -0.660. The molecule has 3 rings (SSSR count). The predicted molar refractivity (Wildman–Crippen MR) is 135 cm³/mol. The fourth-order valence-corrected chi connectivity index (χ4v) is 3.94. The van der Waals surface area contributed by atoms with Gasteiger partial charge in [-0.25, -0.2) is 4.98 Å². The minimum Gasteiger partial charge on any atom is -0.386 e. The Hall–Kier alpha value is -1.62. The molecule has 0 radical (unpaired) electrons. The number of aromatic nitrogens is 2. The van der Waals surface area contributed by atoms with Crippen LogP contribution >= 0.6 is 46.9 Å². The predicted octanol–water partition coefficient (Wildman–Crippen LogP) is 4.10. The zero-order valence-corrected chi connectivity index (χ0v) is 20.7. The van der Waals surface area contributed by atoms with Crippen molar-refractivity contribution >= 4 is 52.9 Å². The topological polar surface area (TPSA) is 74.5 Å². The summed E-state index contributed by atoms with van der Waals surface area (Å²) in [5.41, 5.74) is 1.25. The van der Waals surface area contributed by atoms with Gasteiger partial charge in [-0.15, -0.1) is 35.3 Å². The zero-order chi connectivity index (χ0) is 20.5. The number of hydrogen-bond donors (Lipinski definition) is 3. The van der Waals surface area contributed by atoms with Gasteiger partial charge in [-0.1, -0.05) is 41.9 Å². The van der Waals surface area contributed by atoms with Crippen LogP contribution in [0.3, 0.4) is 0 Å². The average Bonchev–Trinajstić information content (AvgIpc) is 3.36. The fraction of sp³-hybridized carbons (Fsp3) is 0.333. The van der Waals surface area contributed by atoms with Crippen LogP contribution in [0.25, 0.3) is 0 Å². The SMILES string of the molecule is CCNC(=NCC(O)c1ccc(Cl)s1)NCCc1nccn1Cc1ccccc1.I. The van der Waals surface area contributed by atoms with Crippen LogP contribution in [0.4, 0.5) is 0 Å². The van der Waals surface area contributed by atoms with Gasteiger partial charge < -0.3 is 20.3 Å². The number of thiophene rings is 1. The molecule has 2 aromatic heterocycles. The lowest BCUT2D eigenvalue weighted by atomic mass is 10.2. The first-order valence-corrected chi connectivity index (χ1v) is 10.8. The van der Waals surface area contributed by atoms with Crippen LogP contribution in [0.2, 0.25) is 4.34 Å². The van der Waals surface area contributed by atoms with E-state index in [9.17, 15) is 5.11 Å². The van der Waals surface area contributed by atoms with Crippen molar-refractivity contribution in [2.24, 2.45) is 4.99 Å². The van der Waals surface area contributed by atoms with Crippen LogP contribution in [0.15, 0.2) is 59.9 Å². The molecule has 0 bridgehead atoms. The molecule has 0 aliphatic rings. The number of aliphatic hydroxyl groups excluding tert-OH is 1. The van der Waals surface area contributed by atoms with E-state index in [0.29, 0.717) is 16.8 Å². The number of benzene rings is 1. The molecule has 3 aromatic rings. The summed E-state index contributed by atoms with van der Waals surface area (Å²) in [6, 6.07) is 14.0. The van der Waals surface area contributed by atoms with Gasteiger partial charge in [-0.3, -0.25) is 4.99 Å². The summed E-state index contributed by atoms with van der Waals surface area (Å²) in [5.74, 6) is 1.70. The molecule has 9 heteroatoms. The van der Waals surface area contributed by atoms with Crippen molar-refractivity contribution in [2.75, 3.05) is 19.6 Å². The van der Waals surface area contributed by atoms with Crippen molar-refractivity contribution in [3.63, 3.8) is 0 Å². The number of nitrogens with zero attached hydrogens (tertiary/aromatic N) is 3. The third kappa shape index (κ3) is 7.57. The summed E-state index contributed by atoms with van der Waals surface area (Å²) >= 11 is 7.31. The monoisotopic (exact) mass is 559 g/mol. The van der Waals surface area contributed by atoms with Gasteiger partial charge in [-0.2, -0.15) is 0 Å². The van der Waals surface area contributed by atoms with Crippen LogP contribution in [-0.4, -0.2) is 40.3 Å². The molecule has 1 aromatic carbocycles. The van der Waals surface area contributed by atoms with Crippen LogP contribution in [0.1, 0.15) is 29.3 Å². The van der Waals surface area contributed by atoms with Crippen molar-refractivity contribution < 1.29 is 5.11 Å². The highest BCUT2D eigenvalue weighted by atomic mass is 127. The van der Waals surface area contributed by atoms with Gasteiger partial charge in [0.15, 0.2) is 5.96 Å². The first kappa shape index (κ1) is 24.6. The normalized spacial score (nSPS) is 12.3. The Balaban J connectivity index is 0.00000320. The van der Waals surface area contributed by atoms with Gasteiger partial charge in [0.2, 0.25) is 0 Å². The van der Waals surface area contributed by atoms with Gasteiger partial charge >= 0.3 is 0 Å². The molecule has 0 aliphatic heterocycles. The Morgan fingerprint density at radius 1 is 1.23 bits per heavy atom. The van der Waals surface area contributed by atoms with E-state index in [1.54, 1.807) is 6.07 Å². The number of hydrogen-bond acceptors (Lipinski definition) is 4. The molecule has 0 spiro atoms. The first-order chi connectivity index (χ1) is 14.2. The third-order valence-corrected chi connectivity index (χ3v) is 5.66. The highest BCUT2D eigenvalue weighted by Gasteiger charge is 2.10. The molecule has 6 nitrogen and oxygen atoms in total. The minimum absolute atomic E-state index is 0. The van der Waals surface area contributed by atoms with Crippen molar-refractivity contribution in [1.29, 1.82) is 0 Å². The van der Waals surface area contributed by atoms with Gasteiger partial charge in [-0.05, 0) is 24.6 Å². The van der Waals surface area contributed by atoms with Crippen molar-refractivity contribution in [2.45, 2.75) is 26.0 Å². The third-order valence-electron chi connectivity index (χ3n) is 4.33. The smallest absolute Gasteiger partial charge is 0.191 e. The van der Waals surface area contributed by atoms with E-state index >= 15 is 0 Å². The van der Waals surface area contributed by atoms with Crippen LogP contribution in [-0.2, 0) is 13.0 Å². The Labute approximate surface area is 203 Å². The summed E-state index contributed by atoms with van der Waals surface area (Å²) < 4.78 is 2.82. The summed E-state index contributed by atoms with van der Waals surface area (Å²) in [5, 5.41) is 16.8. The average molecular weight is 560 g/mol. The summed E-state index contributed by atoms with van der Waals surface area (Å²) in [7, 11) is 0. The van der Waals surface area contributed by atoms with Gasteiger partial charge in [0.25, 0.3) is 0 Å². The molecular formula is C21H27ClIN5OS. The lowest BCUT2D eigenvalue weighted by Crippen LogP contribution is -2.38. The number of imidazole rings is 1. The maximum atomic E-state index is 10.3. The molecule has 3 N–H and O–H groups in total. The molecule has 30 heavy (non-hydrogen) atoms. The standard InChI is InChI=1S/C21H26ClN5OS.HI/c1-2-23-21(26-14-17(28)18-8-9-19(22)29-18)25-11-10-20-24-12-13-27(20)15-16-6-4-3-5-7-16;/h3-9,12-13,17,28H,2,10-11,14-15H2,1H3,(H2,23,25,26);1H. The molecule has 0 amide bonds. The highest BCUT2D eigenvalue weighted by Crippen LogP contribution is 2.26. The van der Waals surface area contributed by atoms with Crippen molar-refractivity contribution in [1.82, 2.24) is 20.2 Å². The van der Waals surface area contributed by atoms with Crippen LogP contribution < -0.4 is 10.6 Å². The molecule has 162 valence electrons. The summed E-state index contributed by atoms with van der Waals surface area (Å²) in [6.07, 6.45) is 3.95. The van der Waals surface area contributed by atoms with E-state index < -0.39 is 6.10 Å². The van der Waals surface area contributed by atoms with E-state index in [4.69, 9.17) is 11.6 Å². The van der Waals surface area contributed by atoms with E-state index in [2.05, 4.69) is 37.3 Å². The molecule has 0 fully saturated rings. The fourth-order valence-electron chi connectivity index (χ4n) is 2.90. The molecule has 1 unspecified atom stereocenters. The van der Waals surface area contributed by atoms with E-state index in [0.717, 1.165) is 30.2 Å². The summed E-state index contributed by atoms with van der Waals surface area (Å²) in [4.78, 5) is 9.79. The van der Waals surface area contributed by atoms with Gasteiger partial charge in [0, 0.05) is 43.3 Å². The number of aliphatic hydroxyl groups is 1. The van der Waals surface area contributed by atoms with Gasteiger partial charge in [0.05, 0.1) is 10.9 Å². The van der Waals surface area contributed by atoms with Crippen molar-refractivity contribution in [3.05, 3.63) is 75.5 Å². The number of guanidine groups is 1. The molecule has 2 heterocycles. The Morgan fingerprint density at radius 2 is 2.03 bits per heavy atom. The van der Waals surface area contributed by atoms with E-state index in [1.807, 2.05) is 43.6 Å². The molecular weight excluding hydrogens is 533 g/mol. The number of halogens is 2. The Kier molecular flexibility index (Phi) is 10.6. The van der Waals surface area contributed by atoms with Crippen LogP contribution in [0.5, 0.6) is 0 Å². The second kappa shape index (κ2) is 12.9. The van der Waals surface area contributed by atoms with E-state index in [-0.39, 0.29) is 30.5 Å². The Morgan fingerprint density at radius 3 is 2.73 bits per heavy atom. The molecule has 0 saturated carbocycles. The number of nitrogens with one attached hydrogen (secondary N) is 2. The first-order valence-electron chi connectivity index (χ1n) is 9.65. The highest BCUT2D eigenvalue weighted by molar-refractivity contribution is 14.0. The maximum Gasteiger partial charge on any atom is 0.191 e. The molecule has 1 atom stereocenters. The second-order valence-corrected chi connectivity index (χ2v) is 8.26. The maximum absolute atomic E-state index is 10.3. The number of aliphatic imine (C=N–C) groups is 1. The van der Waals surface area contributed by atoms with Gasteiger partial charge in [0.1, 0.15) is 11.9 Å². The van der Waals surface area contributed by atoms with E-state index in [1.165, 1.54) is 16.9 Å². The largest absolute Gasteiger partial charge is 0.386 e. The Bertz CT molecular complexity index is 915. The second-order valence-electron chi connectivity index (χ2n) is 6.51. The summed E-state index contributed by atoms with van der Waals surface area (Å²) in [6.45, 7) is 4.53. The van der Waals surface area contributed by atoms with Crippen LogP contribution in [0, 0.1) is 0 Å². The lowest BCUT2D eigenvalue weighted by molar-refractivity contribution is 0.191. The quantitative estimate of drug-likeness (QED) is 0.210. The van der Waals surface area contributed by atoms with Crippen molar-refractivity contribution in [3.8, 4) is 0 Å². The zero-order valence-electron chi connectivity index (χ0n) is 16.8. The molecule has 0 aliphatic carbocycles. The number of rotatable bonds is 9. The lowest BCUT2D eigenvalue weighted by Gasteiger charge is -2.13.